The Morgan fingerprint density at radius 3 is 2.66 bits per heavy atom. The van der Waals surface area contributed by atoms with Crippen LogP contribution in [0, 0.1) is 0 Å². The number of hydrogen-bond acceptors (Lipinski definition) is 3. The molecular formula is C25H22N2O2. The Labute approximate surface area is 169 Å². The summed E-state index contributed by atoms with van der Waals surface area (Å²) in [4.78, 5) is 19.3. The molecule has 0 saturated carbocycles. The second-order valence-electron chi connectivity index (χ2n) is 7.57. The SMILES string of the molecule is CCN1CCc2c(c(-c3ccccc3C(=O)O)nc3ccc4ccccc4c23)C1. The zero-order chi connectivity index (χ0) is 20.0. The van der Waals surface area contributed by atoms with Crippen LogP contribution in [0.1, 0.15) is 28.4 Å². The number of aromatic nitrogens is 1. The van der Waals surface area contributed by atoms with Gasteiger partial charge in [-0.1, -0.05) is 55.5 Å². The van der Waals surface area contributed by atoms with Crippen LogP contribution in [0.15, 0.2) is 60.7 Å². The molecule has 0 radical (unpaired) electrons. The molecule has 0 amide bonds. The number of benzene rings is 3. The van der Waals surface area contributed by atoms with E-state index in [-0.39, 0.29) is 0 Å². The number of hydrogen-bond donors (Lipinski definition) is 1. The number of rotatable bonds is 3. The number of aromatic carboxylic acids is 1. The van der Waals surface area contributed by atoms with Gasteiger partial charge in [-0.05, 0) is 47.0 Å². The lowest BCUT2D eigenvalue weighted by molar-refractivity contribution is 0.0697. The molecule has 0 spiro atoms. The van der Waals surface area contributed by atoms with Crippen LogP contribution < -0.4 is 0 Å². The molecule has 0 unspecified atom stereocenters. The molecule has 144 valence electrons. The Kier molecular flexibility index (Phi) is 4.29. The van der Waals surface area contributed by atoms with Crippen LogP contribution >= 0.6 is 0 Å². The van der Waals surface area contributed by atoms with E-state index in [0.717, 1.165) is 42.8 Å². The summed E-state index contributed by atoms with van der Waals surface area (Å²) in [5.74, 6) is -0.919. The monoisotopic (exact) mass is 382 g/mol. The number of pyridine rings is 1. The van der Waals surface area contributed by atoms with E-state index in [1.54, 1.807) is 12.1 Å². The predicted molar refractivity (Wildman–Crippen MR) is 116 cm³/mol. The van der Waals surface area contributed by atoms with Crippen molar-refractivity contribution in [3.63, 3.8) is 0 Å². The van der Waals surface area contributed by atoms with Crippen molar-refractivity contribution in [2.24, 2.45) is 0 Å². The van der Waals surface area contributed by atoms with Crippen LogP contribution in [0.3, 0.4) is 0 Å². The standard InChI is InChI=1S/C25H22N2O2/c1-2-27-14-13-18-21(15-27)24(19-9-5-6-10-20(19)25(28)29)26-22-12-11-16-7-3-4-8-17(16)23(18)22/h3-12H,2,13-15H2,1H3,(H,28,29). The van der Waals surface area contributed by atoms with E-state index in [1.807, 2.05) is 12.1 Å². The fraction of sp³-hybridized carbons (Fsp3) is 0.200. The minimum Gasteiger partial charge on any atom is -0.478 e. The first-order valence-electron chi connectivity index (χ1n) is 10.1. The molecule has 1 N–H and O–H groups in total. The zero-order valence-corrected chi connectivity index (χ0v) is 16.4. The molecule has 1 aromatic heterocycles. The normalized spacial score (nSPS) is 14.2. The minimum atomic E-state index is -0.919. The van der Waals surface area contributed by atoms with Gasteiger partial charge < -0.3 is 5.11 Å². The molecule has 4 heteroatoms. The molecule has 0 fully saturated rings. The zero-order valence-electron chi connectivity index (χ0n) is 16.4. The molecule has 1 aliphatic rings. The highest BCUT2D eigenvalue weighted by atomic mass is 16.4. The van der Waals surface area contributed by atoms with Gasteiger partial charge in [-0.3, -0.25) is 4.90 Å². The van der Waals surface area contributed by atoms with Crippen molar-refractivity contribution in [2.45, 2.75) is 19.9 Å². The highest BCUT2D eigenvalue weighted by Crippen LogP contribution is 2.38. The quantitative estimate of drug-likeness (QED) is 0.499. The molecular weight excluding hydrogens is 360 g/mol. The Balaban J connectivity index is 1.89. The van der Waals surface area contributed by atoms with Gasteiger partial charge in [0.1, 0.15) is 0 Å². The number of fused-ring (bicyclic) bond motifs is 5. The Morgan fingerprint density at radius 1 is 1.03 bits per heavy atom. The van der Waals surface area contributed by atoms with Crippen LogP contribution in [0.2, 0.25) is 0 Å². The van der Waals surface area contributed by atoms with Crippen molar-refractivity contribution < 1.29 is 9.90 Å². The first-order chi connectivity index (χ1) is 14.2. The summed E-state index contributed by atoms with van der Waals surface area (Å²) >= 11 is 0. The summed E-state index contributed by atoms with van der Waals surface area (Å²) in [6.45, 7) is 4.93. The number of carboxylic acid groups (broad SMARTS) is 1. The van der Waals surface area contributed by atoms with Crippen molar-refractivity contribution in [1.29, 1.82) is 0 Å². The summed E-state index contributed by atoms with van der Waals surface area (Å²) in [5, 5.41) is 13.4. The van der Waals surface area contributed by atoms with Crippen LogP contribution in [-0.4, -0.2) is 34.0 Å². The lowest BCUT2D eigenvalue weighted by Crippen LogP contribution is -2.31. The second-order valence-corrected chi connectivity index (χ2v) is 7.57. The first kappa shape index (κ1) is 17.8. The first-order valence-corrected chi connectivity index (χ1v) is 10.1. The van der Waals surface area contributed by atoms with E-state index in [1.165, 1.54) is 21.7 Å². The molecule has 1 aliphatic heterocycles. The van der Waals surface area contributed by atoms with Gasteiger partial charge in [0.15, 0.2) is 0 Å². The van der Waals surface area contributed by atoms with E-state index in [9.17, 15) is 9.90 Å². The second kappa shape index (κ2) is 6.98. The van der Waals surface area contributed by atoms with Crippen molar-refractivity contribution in [1.82, 2.24) is 9.88 Å². The maximum Gasteiger partial charge on any atom is 0.336 e. The van der Waals surface area contributed by atoms with Crippen LogP contribution in [0.4, 0.5) is 0 Å². The molecule has 29 heavy (non-hydrogen) atoms. The maximum atomic E-state index is 11.9. The van der Waals surface area contributed by atoms with E-state index in [2.05, 4.69) is 48.2 Å². The van der Waals surface area contributed by atoms with Gasteiger partial charge >= 0.3 is 5.97 Å². The largest absolute Gasteiger partial charge is 0.478 e. The van der Waals surface area contributed by atoms with Gasteiger partial charge in [-0.25, -0.2) is 9.78 Å². The lowest BCUT2D eigenvalue weighted by Gasteiger charge is -2.30. The summed E-state index contributed by atoms with van der Waals surface area (Å²) < 4.78 is 0. The van der Waals surface area contributed by atoms with Gasteiger partial charge in [0.2, 0.25) is 0 Å². The van der Waals surface area contributed by atoms with Gasteiger partial charge in [-0.2, -0.15) is 0 Å². The molecule has 4 nitrogen and oxygen atoms in total. The Bertz CT molecular complexity index is 1260. The molecule has 3 aromatic carbocycles. The number of carbonyl (C=O) groups is 1. The Hall–Kier alpha value is -3.24. The topological polar surface area (TPSA) is 53.4 Å². The van der Waals surface area contributed by atoms with Crippen molar-refractivity contribution in [2.75, 3.05) is 13.1 Å². The Morgan fingerprint density at radius 2 is 1.83 bits per heavy atom. The summed E-state index contributed by atoms with van der Waals surface area (Å²) in [7, 11) is 0. The third-order valence-electron chi connectivity index (χ3n) is 6.01. The van der Waals surface area contributed by atoms with Gasteiger partial charge in [0.25, 0.3) is 0 Å². The average molecular weight is 382 g/mol. The molecule has 2 heterocycles. The molecule has 5 rings (SSSR count). The molecule has 4 aromatic rings. The van der Waals surface area contributed by atoms with E-state index in [4.69, 9.17) is 4.98 Å². The number of likely N-dealkylation sites (N-methyl/N-ethyl adjacent to an activating group) is 1. The van der Waals surface area contributed by atoms with E-state index < -0.39 is 5.97 Å². The summed E-state index contributed by atoms with van der Waals surface area (Å²) in [6, 6.07) is 19.8. The molecule has 0 bridgehead atoms. The fourth-order valence-electron chi connectivity index (χ4n) is 4.54. The van der Waals surface area contributed by atoms with Gasteiger partial charge in [0, 0.05) is 24.0 Å². The van der Waals surface area contributed by atoms with Gasteiger partial charge in [0.05, 0.1) is 16.8 Å². The molecule has 0 saturated heterocycles. The van der Waals surface area contributed by atoms with Crippen molar-refractivity contribution in [3.05, 3.63) is 77.4 Å². The number of carboxylic acids is 1. The summed E-state index contributed by atoms with van der Waals surface area (Å²) in [5.41, 5.74) is 5.21. The van der Waals surface area contributed by atoms with Crippen LogP contribution in [0.5, 0.6) is 0 Å². The summed E-state index contributed by atoms with van der Waals surface area (Å²) in [6.07, 6.45) is 0.943. The van der Waals surface area contributed by atoms with Crippen LogP contribution in [0.25, 0.3) is 32.9 Å². The predicted octanol–water partition coefficient (Wildman–Crippen LogP) is 5.13. The lowest BCUT2D eigenvalue weighted by atomic mass is 9.88. The third kappa shape index (κ3) is 2.88. The molecule has 0 atom stereocenters. The fourth-order valence-corrected chi connectivity index (χ4v) is 4.54. The molecule has 0 aliphatic carbocycles. The maximum absolute atomic E-state index is 11.9. The third-order valence-corrected chi connectivity index (χ3v) is 6.01. The van der Waals surface area contributed by atoms with Crippen molar-refractivity contribution >= 4 is 27.6 Å². The average Bonchev–Trinajstić information content (AvgIpc) is 2.77. The highest BCUT2D eigenvalue weighted by molar-refractivity contribution is 6.09. The highest BCUT2D eigenvalue weighted by Gasteiger charge is 2.25. The van der Waals surface area contributed by atoms with E-state index in [0.29, 0.717) is 11.1 Å². The van der Waals surface area contributed by atoms with Crippen LogP contribution in [-0.2, 0) is 13.0 Å². The minimum absolute atomic E-state index is 0.302. The van der Waals surface area contributed by atoms with Crippen molar-refractivity contribution in [3.8, 4) is 11.3 Å². The van der Waals surface area contributed by atoms with Gasteiger partial charge in [-0.15, -0.1) is 0 Å². The number of nitrogens with zero attached hydrogens (tertiary/aromatic N) is 2. The smallest absolute Gasteiger partial charge is 0.336 e. The van der Waals surface area contributed by atoms with E-state index >= 15 is 0 Å².